The number of nitrogens with two attached hydrogens (primary N) is 1. The van der Waals surface area contributed by atoms with Gasteiger partial charge in [0.05, 0.1) is 25.9 Å². The van der Waals surface area contributed by atoms with Gasteiger partial charge in [0, 0.05) is 20.1 Å². The van der Waals surface area contributed by atoms with Crippen LogP contribution in [-0.4, -0.2) is 66.9 Å². The lowest BCUT2D eigenvalue weighted by atomic mass is 10.3. The number of thiazole rings is 1. The SMILES string of the molecule is CC(CO)N(C)C(=O)c1sc(N2CCOCC2)nc1N. The van der Waals surface area contributed by atoms with Gasteiger partial charge in [0.25, 0.3) is 5.91 Å². The summed E-state index contributed by atoms with van der Waals surface area (Å²) in [5.41, 5.74) is 5.86. The third-order valence-corrected chi connectivity index (χ3v) is 4.48. The first kappa shape index (κ1) is 15.0. The molecule has 1 amide bonds. The average molecular weight is 300 g/mol. The summed E-state index contributed by atoms with van der Waals surface area (Å²) in [4.78, 5) is 20.6. The molecule has 1 saturated heterocycles. The average Bonchev–Trinajstić information content (AvgIpc) is 2.87. The van der Waals surface area contributed by atoms with E-state index >= 15 is 0 Å². The summed E-state index contributed by atoms with van der Waals surface area (Å²) in [7, 11) is 1.65. The van der Waals surface area contributed by atoms with Crippen LogP contribution in [0.4, 0.5) is 10.9 Å². The van der Waals surface area contributed by atoms with E-state index in [0.29, 0.717) is 18.1 Å². The van der Waals surface area contributed by atoms with Crippen LogP contribution in [0, 0.1) is 0 Å². The number of carbonyl (C=O) groups is 1. The standard InChI is InChI=1S/C12H20N4O3S/c1-8(7-17)15(2)11(18)9-10(13)14-12(20-9)16-3-5-19-6-4-16/h8,17H,3-7,13H2,1-2H3. The summed E-state index contributed by atoms with van der Waals surface area (Å²) in [5, 5.41) is 9.87. The first-order valence-corrected chi connectivity index (χ1v) is 7.33. The molecule has 0 bridgehead atoms. The van der Waals surface area contributed by atoms with E-state index in [1.54, 1.807) is 14.0 Å². The van der Waals surface area contributed by atoms with Crippen LogP contribution in [0.2, 0.25) is 0 Å². The molecule has 1 aliphatic heterocycles. The maximum Gasteiger partial charge on any atom is 0.267 e. The second kappa shape index (κ2) is 6.38. The molecule has 0 radical (unpaired) electrons. The number of morpholine rings is 1. The van der Waals surface area contributed by atoms with Gasteiger partial charge in [-0.25, -0.2) is 4.98 Å². The monoisotopic (exact) mass is 300 g/mol. The molecular formula is C12H20N4O3S. The van der Waals surface area contributed by atoms with Gasteiger partial charge in [0.15, 0.2) is 5.13 Å². The van der Waals surface area contributed by atoms with Crippen LogP contribution in [-0.2, 0) is 4.74 Å². The Hall–Kier alpha value is -1.38. The van der Waals surface area contributed by atoms with E-state index < -0.39 is 0 Å². The first-order valence-electron chi connectivity index (χ1n) is 6.51. The van der Waals surface area contributed by atoms with Crippen LogP contribution < -0.4 is 10.6 Å². The molecule has 1 aromatic rings. The molecule has 1 aliphatic rings. The third kappa shape index (κ3) is 3.02. The van der Waals surface area contributed by atoms with E-state index in [9.17, 15) is 4.79 Å². The maximum absolute atomic E-state index is 12.3. The van der Waals surface area contributed by atoms with Gasteiger partial charge in [-0.05, 0) is 6.92 Å². The van der Waals surface area contributed by atoms with Crippen LogP contribution in [0.25, 0.3) is 0 Å². The molecule has 2 heterocycles. The Labute approximate surface area is 121 Å². The summed E-state index contributed by atoms with van der Waals surface area (Å²) in [6.07, 6.45) is 0. The zero-order valence-corrected chi connectivity index (χ0v) is 12.5. The van der Waals surface area contributed by atoms with Gasteiger partial charge in [0.1, 0.15) is 10.7 Å². The molecule has 3 N–H and O–H groups in total. The molecule has 0 aliphatic carbocycles. The van der Waals surface area contributed by atoms with E-state index in [1.165, 1.54) is 16.2 Å². The molecule has 1 atom stereocenters. The summed E-state index contributed by atoms with van der Waals surface area (Å²) in [5.74, 6) is 0.0412. The molecule has 0 aromatic carbocycles. The Morgan fingerprint density at radius 3 is 2.85 bits per heavy atom. The van der Waals surface area contributed by atoms with Gasteiger partial charge in [-0.1, -0.05) is 11.3 Å². The predicted octanol–water partition coefficient (Wildman–Crippen LogP) is 0.0147. The van der Waals surface area contributed by atoms with Crippen molar-refractivity contribution in [3.63, 3.8) is 0 Å². The predicted molar refractivity (Wildman–Crippen MR) is 78.2 cm³/mol. The molecule has 20 heavy (non-hydrogen) atoms. The Balaban J connectivity index is 2.16. The van der Waals surface area contributed by atoms with Gasteiger partial charge in [0.2, 0.25) is 0 Å². The van der Waals surface area contributed by atoms with Gasteiger partial charge in [-0.15, -0.1) is 0 Å². The molecular weight excluding hydrogens is 280 g/mol. The number of rotatable bonds is 4. The summed E-state index contributed by atoms with van der Waals surface area (Å²) < 4.78 is 5.29. The van der Waals surface area contributed by atoms with Crippen LogP contribution >= 0.6 is 11.3 Å². The fraction of sp³-hybridized carbons (Fsp3) is 0.667. The highest BCUT2D eigenvalue weighted by molar-refractivity contribution is 7.18. The number of amides is 1. The number of hydrogen-bond acceptors (Lipinski definition) is 7. The molecule has 8 heteroatoms. The zero-order chi connectivity index (χ0) is 14.7. The van der Waals surface area contributed by atoms with Crippen molar-refractivity contribution in [2.75, 3.05) is 50.6 Å². The van der Waals surface area contributed by atoms with E-state index in [0.717, 1.165) is 18.2 Å². The van der Waals surface area contributed by atoms with Crippen molar-refractivity contribution in [1.29, 1.82) is 0 Å². The molecule has 112 valence electrons. The van der Waals surface area contributed by atoms with Crippen molar-refractivity contribution in [3.8, 4) is 0 Å². The van der Waals surface area contributed by atoms with Gasteiger partial charge in [-0.3, -0.25) is 4.79 Å². The van der Waals surface area contributed by atoms with Crippen LogP contribution in [0.15, 0.2) is 0 Å². The number of aromatic nitrogens is 1. The van der Waals surface area contributed by atoms with E-state index in [-0.39, 0.29) is 24.4 Å². The fourth-order valence-electron chi connectivity index (χ4n) is 1.85. The summed E-state index contributed by atoms with van der Waals surface area (Å²) in [6.45, 7) is 4.51. The highest BCUT2D eigenvalue weighted by Crippen LogP contribution is 2.29. The lowest BCUT2D eigenvalue weighted by Gasteiger charge is -2.26. The van der Waals surface area contributed by atoms with Crippen molar-refractivity contribution in [1.82, 2.24) is 9.88 Å². The normalized spacial score (nSPS) is 17.1. The second-order valence-electron chi connectivity index (χ2n) is 4.76. The number of ether oxygens (including phenoxy) is 1. The molecule has 1 unspecified atom stereocenters. The minimum Gasteiger partial charge on any atom is -0.394 e. The number of aliphatic hydroxyl groups excluding tert-OH is 1. The van der Waals surface area contributed by atoms with Crippen molar-refractivity contribution < 1.29 is 14.6 Å². The minimum atomic E-state index is -0.254. The second-order valence-corrected chi connectivity index (χ2v) is 5.74. The third-order valence-electron chi connectivity index (χ3n) is 3.36. The zero-order valence-electron chi connectivity index (χ0n) is 11.7. The number of nitrogen functional groups attached to an aromatic ring is 1. The fourth-order valence-corrected chi connectivity index (χ4v) is 2.87. The van der Waals surface area contributed by atoms with Gasteiger partial charge < -0.3 is 25.4 Å². The van der Waals surface area contributed by atoms with Crippen molar-refractivity contribution >= 4 is 28.2 Å². The highest BCUT2D eigenvalue weighted by Gasteiger charge is 2.25. The summed E-state index contributed by atoms with van der Waals surface area (Å²) in [6, 6.07) is -0.254. The summed E-state index contributed by atoms with van der Waals surface area (Å²) >= 11 is 1.29. The number of aliphatic hydroxyl groups is 1. The number of hydrogen-bond donors (Lipinski definition) is 2. The van der Waals surface area contributed by atoms with Crippen molar-refractivity contribution in [2.24, 2.45) is 0 Å². The van der Waals surface area contributed by atoms with Crippen LogP contribution in [0.3, 0.4) is 0 Å². The molecule has 2 rings (SSSR count). The van der Waals surface area contributed by atoms with Crippen LogP contribution in [0.5, 0.6) is 0 Å². The lowest BCUT2D eigenvalue weighted by Crippen LogP contribution is -2.37. The highest BCUT2D eigenvalue weighted by atomic mass is 32.1. The largest absolute Gasteiger partial charge is 0.394 e. The van der Waals surface area contributed by atoms with Gasteiger partial charge >= 0.3 is 0 Å². The first-order chi connectivity index (χ1) is 9.54. The number of anilines is 2. The quantitative estimate of drug-likeness (QED) is 0.814. The Morgan fingerprint density at radius 1 is 1.60 bits per heavy atom. The molecule has 1 aromatic heterocycles. The van der Waals surface area contributed by atoms with Crippen LogP contribution in [0.1, 0.15) is 16.6 Å². The van der Waals surface area contributed by atoms with E-state index in [2.05, 4.69) is 9.88 Å². The van der Waals surface area contributed by atoms with E-state index in [1.807, 2.05) is 0 Å². The van der Waals surface area contributed by atoms with Gasteiger partial charge in [-0.2, -0.15) is 0 Å². The van der Waals surface area contributed by atoms with E-state index in [4.69, 9.17) is 15.6 Å². The Bertz CT molecular complexity index is 473. The number of likely N-dealkylation sites (N-methyl/N-ethyl adjacent to an activating group) is 1. The Morgan fingerprint density at radius 2 is 2.25 bits per heavy atom. The Kier molecular flexibility index (Phi) is 4.79. The molecule has 1 fully saturated rings. The smallest absolute Gasteiger partial charge is 0.267 e. The van der Waals surface area contributed by atoms with Crippen molar-refractivity contribution in [2.45, 2.75) is 13.0 Å². The maximum atomic E-state index is 12.3. The van der Waals surface area contributed by atoms with Crippen molar-refractivity contribution in [3.05, 3.63) is 4.88 Å². The molecule has 7 nitrogen and oxygen atoms in total. The molecule has 0 spiro atoms. The number of carbonyl (C=O) groups excluding carboxylic acids is 1. The minimum absolute atomic E-state index is 0.0860. The molecule has 0 saturated carbocycles. The topological polar surface area (TPSA) is 91.9 Å². The number of nitrogens with zero attached hydrogens (tertiary/aromatic N) is 3. The lowest BCUT2D eigenvalue weighted by molar-refractivity contribution is 0.0688.